The molecule has 1 atom stereocenters. The van der Waals surface area contributed by atoms with Crippen molar-refractivity contribution < 1.29 is 4.79 Å². The van der Waals surface area contributed by atoms with Gasteiger partial charge in [-0.25, -0.2) is 4.98 Å². The van der Waals surface area contributed by atoms with Crippen molar-refractivity contribution in [3.8, 4) is 0 Å². The minimum absolute atomic E-state index is 0.140. The van der Waals surface area contributed by atoms with Crippen molar-refractivity contribution in [1.29, 1.82) is 0 Å². The second-order valence-electron chi connectivity index (χ2n) is 4.33. The standard InChI is InChI=1S/C11H20N4O/c1-4-11(2,5-6-12)14-10(16)9-7-15(3)8-13-9/h7-8H,4-6,12H2,1-3H3,(H,14,16). The summed E-state index contributed by atoms with van der Waals surface area (Å²) in [6.07, 6.45) is 4.93. The fraction of sp³-hybridized carbons (Fsp3) is 0.636. The minimum Gasteiger partial charge on any atom is -0.345 e. The van der Waals surface area contributed by atoms with Crippen molar-refractivity contribution in [3.63, 3.8) is 0 Å². The molecule has 5 nitrogen and oxygen atoms in total. The number of nitrogens with one attached hydrogen (secondary N) is 1. The third kappa shape index (κ3) is 3.06. The van der Waals surface area contributed by atoms with Crippen LogP contribution in [0.25, 0.3) is 0 Å². The number of nitrogens with two attached hydrogens (primary N) is 1. The van der Waals surface area contributed by atoms with Crippen LogP contribution in [0, 0.1) is 0 Å². The molecule has 16 heavy (non-hydrogen) atoms. The molecule has 0 radical (unpaired) electrons. The predicted octanol–water partition coefficient (Wildman–Crippen LogP) is 0.667. The van der Waals surface area contributed by atoms with Crippen LogP contribution in [0.3, 0.4) is 0 Å². The van der Waals surface area contributed by atoms with Crippen molar-refractivity contribution in [2.24, 2.45) is 12.8 Å². The van der Waals surface area contributed by atoms with E-state index in [2.05, 4.69) is 10.3 Å². The van der Waals surface area contributed by atoms with E-state index in [4.69, 9.17) is 5.73 Å². The number of carbonyl (C=O) groups excluding carboxylic acids is 1. The molecule has 0 fully saturated rings. The second-order valence-corrected chi connectivity index (χ2v) is 4.33. The maximum atomic E-state index is 11.9. The highest BCUT2D eigenvalue weighted by Gasteiger charge is 2.24. The Labute approximate surface area is 96.0 Å². The van der Waals surface area contributed by atoms with Crippen molar-refractivity contribution in [2.45, 2.75) is 32.2 Å². The zero-order valence-electron chi connectivity index (χ0n) is 10.2. The molecule has 0 bridgehead atoms. The van der Waals surface area contributed by atoms with Gasteiger partial charge in [-0.1, -0.05) is 6.92 Å². The predicted molar refractivity (Wildman–Crippen MR) is 63.0 cm³/mol. The molecule has 5 heteroatoms. The molecule has 1 aromatic rings. The highest BCUT2D eigenvalue weighted by atomic mass is 16.2. The zero-order valence-corrected chi connectivity index (χ0v) is 10.2. The molecular weight excluding hydrogens is 204 g/mol. The molecule has 1 rings (SSSR count). The van der Waals surface area contributed by atoms with Crippen molar-refractivity contribution >= 4 is 5.91 Å². The molecule has 1 unspecified atom stereocenters. The van der Waals surface area contributed by atoms with E-state index < -0.39 is 0 Å². The van der Waals surface area contributed by atoms with Gasteiger partial charge in [0.25, 0.3) is 5.91 Å². The van der Waals surface area contributed by atoms with Gasteiger partial charge >= 0.3 is 0 Å². The number of rotatable bonds is 5. The van der Waals surface area contributed by atoms with Gasteiger partial charge in [0.15, 0.2) is 0 Å². The summed E-state index contributed by atoms with van der Waals surface area (Å²) in [6, 6.07) is 0. The summed E-state index contributed by atoms with van der Waals surface area (Å²) in [5.41, 5.74) is 5.73. The third-order valence-electron chi connectivity index (χ3n) is 2.83. The quantitative estimate of drug-likeness (QED) is 0.772. The molecule has 0 spiro atoms. The SMILES string of the molecule is CCC(C)(CCN)NC(=O)c1cn(C)cn1. The first-order valence-electron chi connectivity index (χ1n) is 5.51. The third-order valence-corrected chi connectivity index (χ3v) is 2.83. The lowest BCUT2D eigenvalue weighted by molar-refractivity contribution is 0.0895. The first-order valence-corrected chi connectivity index (χ1v) is 5.51. The molecule has 0 saturated heterocycles. The normalized spacial score (nSPS) is 14.5. The number of carbonyl (C=O) groups is 1. The maximum Gasteiger partial charge on any atom is 0.271 e. The van der Waals surface area contributed by atoms with Crippen LogP contribution in [0.2, 0.25) is 0 Å². The molecule has 1 heterocycles. The molecule has 3 N–H and O–H groups in total. The van der Waals surface area contributed by atoms with Gasteiger partial charge in [-0.15, -0.1) is 0 Å². The topological polar surface area (TPSA) is 72.9 Å². The van der Waals surface area contributed by atoms with Crippen LogP contribution in [0.15, 0.2) is 12.5 Å². The number of nitrogens with zero attached hydrogens (tertiary/aromatic N) is 2. The Kier molecular flexibility index (Phi) is 4.06. The van der Waals surface area contributed by atoms with E-state index >= 15 is 0 Å². The molecule has 1 amide bonds. The van der Waals surface area contributed by atoms with Gasteiger partial charge in [0, 0.05) is 18.8 Å². The Morgan fingerprint density at radius 3 is 2.81 bits per heavy atom. The monoisotopic (exact) mass is 224 g/mol. The van der Waals surface area contributed by atoms with E-state index in [0.717, 1.165) is 12.8 Å². The summed E-state index contributed by atoms with van der Waals surface area (Å²) in [5.74, 6) is -0.140. The van der Waals surface area contributed by atoms with Crippen LogP contribution in [0.1, 0.15) is 37.2 Å². The van der Waals surface area contributed by atoms with Gasteiger partial charge in [-0.05, 0) is 26.3 Å². The number of amides is 1. The molecule has 90 valence electrons. The number of hydrogen-bond donors (Lipinski definition) is 2. The van der Waals surface area contributed by atoms with E-state index in [1.165, 1.54) is 0 Å². The van der Waals surface area contributed by atoms with Crippen LogP contribution in [0.5, 0.6) is 0 Å². The molecule has 1 aromatic heterocycles. The second kappa shape index (κ2) is 5.12. The Balaban J connectivity index is 2.69. The van der Waals surface area contributed by atoms with Crippen molar-refractivity contribution in [2.75, 3.05) is 6.54 Å². The summed E-state index contributed by atoms with van der Waals surface area (Å²) < 4.78 is 1.75. The first kappa shape index (κ1) is 12.7. The van der Waals surface area contributed by atoms with E-state index in [1.54, 1.807) is 17.1 Å². The number of aromatic nitrogens is 2. The lowest BCUT2D eigenvalue weighted by atomic mass is 9.94. The zero-order chi connectivity index (χ0) is 12.2. The summed E-state index contributed by atoms with van der Waals surface area (Å²) >= 11 is 0. The Hall–Kier alpha value is -1.36. The number of aryl methyl sites for hydroxylation is 1. The summed E-state index contributed by atoms with van der Waals surface area (Å²) in [5, 5.41) is 2.98. The molecule has 0 aliphatic rings. The summed E-state index contributed by atoms with van der Waals surface area (Å²) in [7, 11) is 1.84. The van der Waals surface area contributed by atoms with Gasteiger partial charge in [0.1, 0.15) is 5.69 Å². The molecule has 0 aliphatic carbocycles. The first-order chi connectivity index (χ1) is 7.50. The van der Waals surface area contributed by atoms with E-state index in [1.807, 2.05) is 20.9 Å². The van der Waals surface area contributed by atoms with Crippen molar-refractivity contribution in [1.82, 2.24) is 14.9 Å². The summed E-state index contributed by atoms with van der Waals surface area (Å²) in [4.78, 5) is 15.9. The van der Waals surface area contributed by atoms with Crippen molar-refractivity contribution in [3.05, 3.63) is 18.2 Å². The highest BCUT2D eigenvalue weighted by molar-refractivity contribution is 5.92. The van der Waals surface area contributed by atoms with Gasteiger partial charge in [0.2, 0.25) is 0 Å². The number of imidazole rings is 1. The van der Waals surface area contributed by atoms with Gasteiger partial charge < -0.3 is 15.6 Å². The van der Waals surface area contributed by atoms with E-state index in [9.17, 15) is 4.79 Å². The number of hydrogen-bond acceptors (Lipinski definition) is 3. The summed E-state index contributed by atoms with van der Waals surface area (Å²) in [6.45, 7) is 4.60. The van der Waals surface area contributed by atoms with Crippen LogP contribution >= 0.6 is 0 Å². The van der Waals surface area contributed by atoms with Crippen LogP contribution in [-0.4, -0.2) is 27.5 Å². The van der Waals surface area contributed by atoms with Gasteiger partial charge in [-0.3, -0.25) is 4.79 Å². The Morgan fingerprint density at radius 1 is 1.69 bits per heavy atom. The lowest BCUT2D eigenvalue weighted by Gasteiger charge is -2.28. The van der Waals surface area contributed by atoms with E-state index in [-0.39, 0.29) is 11.4 Å². The molecule has 0 aromatic carbocycles. The Morgan fingerprint density at radius 2 is 2.38 bits per heavy atom. The largest absolute Gasteiger partial charge is 0.345 e. The van der Waals surface area contributed by atoms with Gasteiger partial charge in [0.05, 0.1) is 6.33 Å². The fourth-order valence-electron chi connectivity index (χ4n) is 1.51. The average Bonchev–Trinajstić information content (AvgIpc) is 2.65. The maximum absolute atomic E-state index is 11.9. The minimum atomic E-state index is -0.247. The van der Waals surface area contributed by atoms with Gasteiger partial charge in [-0.2, -0.15) is 0 Å². The average molecular weight is 224 g/mol. The van der Waals surface area contributed by atoms with Crippen LogP contribution in [0.4, 0.5) is 0 Å². The molecule has 0 aliphatic heterocycles. The van der Waals surface area contributed by atoms with Crippen LogP contribution < -0.4 is 11.1 Å². The smallest absolute Gasteiger partial charge is 0.271 e. The van der Waals surface area contributed by atoms with Crippen LogP contribution in [-0.2, 0) is 7.05 Å². The lowest BCUT2D eigenvalue weighted by Crippen LogP contribution is -2.46. The molecular formula is C11H20N4O. The fourth-order valence-corrected chi connectivity index (χ4v) is 1.51. The molecule has 0 saturated carbocycles. The Bertz CT molecular complexity index is 361. The highest BCUT2D eigenvalue weighted by Crippen LogP contribution is 2.14. The van der Waals surface area contributed by atoms with E-state index in [0.29, 0.717) is 12.2 Å².